The second-order valence-corrected chi connectivity index (χ2v) is 2.35. The molecule has 0 bridgehead atoms. The van der Waals surface area contributed by atoms with Gasteiger partial charge in [0.2, 0.25) is 0 Å². The minimum absolute atomic E-state index is 0.0828. The maximum absolute atomic E-state index is 9.04. The number of allylic oxidation sites excluding steroid dienone is 1. The van der Waals surface area contributed by atoms with Crippen molar-refractivity contribution in [1.82, 2.24) is 0 Å². The highest BCUT2D eigenvalue weighted by atomic mass is 16.3. The molecule has 1 aromatic rings. The quantitative estimate of drug-likeness (QED) is 0.473. The number of carboxylic acid groups (broad SMARTS) is 1. The molecule has 0 fully saturated rings. The average molecular weight is 196 g/mol. The number of hydrogen-bond acceptors (Lipinski definition) is 3. The fourth-order valence-corrected chi connectivity index (χ4v) is 0.837. The highest BCUT2D eigenvalue weighted by molar-refractivity contribution is 5.54. The minimum Gasteiger partial charge on any atom is -0.504 e. The number of hydrogen-bond donors (Lipinski definition) is 3. The van der Waals surface area contributed by atoms with Gasteiger partial charge in [0.05, 0.1) is 0 Å². The Morgan fingerprint density at radius 2 is 1.79 bits per heavy atom. The van der Waals surface area contributed by atoms with Crippen LogP contribution in [-0.4, -0.2) is 21.8 Å². The van der Waals surface area contributed by atoms with Crippen LogP contribution in [0.3, 0.4) is 0 Å². The molecule has 0 spiro atoms. The van der Waals surface area contributed by atoms with Crippen LogP contribution in [0.15, 0.2) is 24.3 Å². The Morgan fingerprint density at radius 1 is 1.21 bits per heavy atom. The molecule has 0 aliphatic heterocycles. The van der Waals surface area contributed by atoms with Gasteiger partial charge >= 0.3 is 0 Å². The number of carbonyl (C=O) groups is 1. The molecular weight excluding hydrogens is 184 g/mol. The van der Waals surface area contributed by atoms with E-state index < -0.39 is 0 Å². The third-order valence-electron chi connectivity index (χ3n) is 1.36. The normalized spacial score (nSPS) is 9.21. The Balaban J connectivity index is 0.000000500. The van der Waals surface area contributed by atoms with Gasteiger partial charge in [-0.1, -0.05) is 18.2 Å². The highest BCUT2D eigenvalue weighted by Gasteiger charge is 1.96. The molecule has 4 heteroatoms. The number of aromatic hydroxyl groups is 2. The molecule has 0 amide bonds. The smallest absolute Gasteiger partial charge is 0.290 e. The van der Waals surface area contributed by atoms with E-state index in [0.717, 1.165) is 5.56 Å². The Morgan fingerprint density at radius 3 is 2.21 bits per heavy atom. The fraction of sp³-hybridized carbons (Fsp3) is 0.100. The molecule has 0 saturated carbocycles. The van der Waals surface area contributed by atoms with Gasteiger partial charge in [-0.05, 0) is 24.6 Å². The molecule has 1 rings (SSSR count). The van der Waals surface area contributed by atoms with E-state index in [0.29, 0.717) is 0 Å². The van der Waals surface area contributed by atoms with Crippen LogP contribution in [0.2, 0.25) is 0 Å². The molecule has 4 nitrogen and oxygen atoms in total. The zero-order chi connectivity index (χ0) is 11.0. The summed E-state index contributed by atoms with van der Waals surface area (Å²) in [7, 11) is 0. The second kappa shape index (κ2) is 6.54. The summed E-state index contributed by atoms with van der Waals surface area (Å²) in [6.45, 7) is 1.64. The number of phenolic OH excluding ortho intramolecular Hbond substituents is 2. The third-order valence-corrected chi connectivity index (χ3v) is 1.36. The van der Waals surface area contributed by atoms with Crippen LogP contribution in [0.1, 0.15) is 12.5 Å². The topological polar surface area (TPSA) is 77.8 Å². The lowest BCUT2D eigenvalue weighted by Gasteiger charge is -1.97. The molecule has 0 saturated heterocycles. The van der Waals surface area contributed by atoms with Crippen molar-refractivity contribution in [2.75, 3.05) is 0 Å². The molecule has 0 heterocycles. The van der Waals surface area contributed by atoms with E-state index in [-0.39, 0.29) is 18.0 Å². The Labute approximate surface area is 81.8 Å². The van der Waals surface area contributed by atoms with E-state index >= 15 is 0 Å². The molecule has 0 unspecified atom stereocenters. The van der Waals surface area contributed by atoms with Crippen LogP contribution in [0.5, 0.6) is 11.5 Å². The maximum Gasteiger partial charge on any atom is 0.290 e. The fourth-order valence-electron chi connectivity index (χ4n) is 0.837. The van der Waals surface area contributed by atoms with Crippen LogP contribution in [0.25, 0.3) is 6.08 Å². The van der Waals surface area contributed by atoms with Gasteiger partial charge in [0.15, 0.2) is 11.5 Å². The Hall–Kier alpha value is -1.97. The van der Waals surface area contributed by atoms with Crippen molar-refractivity contribution in [1.29, 1.82) is 0 Å². The van der Waals surface area contributed by atoms with Gasteiger partial charge in [-0.25, -0.2) is 0 Å². The number of phenols is 2. The minimum atomic E-state index is -0.250. The van der Waals surface area contributed by atoms with Crippen molar-refractivity contribution in [3.8, 4) is 11.5 Å². The van der Waals surface area contributed by atoms with Crippen molar-refractivity contribution in [2.45, 2.75) is 6.92 Å². The first-order chi connectivity index (χ1) is 6.65. The summed E-state index contributed by atoms with van der Waals surface area (Å²) in [4.78, 5) is 8.36. The first-order valence-corrected chi connectivity index (χ1v) is 3.88. The summed E-state index contributed by atoms with van der Waals surface area (Å²) >= 11 is 0. The van der Waals surface area contributed by atoms with Crippen LogP contribution in [-0.2, 0) is 4.79 Å². The number of rotatable bonds is 1. The van der Waals surface area contributed by atoms with Gasteiger partial charge in [-0.15, -0.1) is 0 Å². The Kier molecular flexibility index (Phi) is 5.62. The average Bonchev–Trinajstić information content (AvgIpc) is 2.13. The van der Waals surface area contributed by atoms with E-state index in [9.17, 15) is 0 Å². The molecule has 0 atom stereocenters. The van der Waals surface area contributed by atoms with Crippen LogP contribution in [0, 0.1) is 0 Å². The lowest BCUT2D eigenvalue weighted by molar-refractivity contribution is -0.122. The van der Waals surface area contributed by atoms with Gasteiger partial charge in [-0.2, -0.15) is 0 Å². The van der Waals surface area contributed by atoms with Gasteiger partial charge in [0, 0.05) is 0 Å². The SMILES string of the molecule is CC=Cc1ccc(O)c(O)c1.O=CO. The van der Waals surface area contributed by atoms with Crippen molar-refractivity contribution >= 4 is 12.5 Å². The first-order valence-electron chi connectivity index (χ1n) is 3.88. The second-order valence-electron chi connectivity index (χ2n) is 2.35. The van der Waals surface area contributed by atoms with Gasteiger partial charge in [0.1, 0.15) is 0 Å². The predicted molar refractivity (Wildman–Crippen MR) is 53.2 cm³/mol. The lowest BCUT2D eigenvalue weighted by atomic mass is 10.2. The summed E-state index contributed by atoms with van der Waals surface area (Å²) in [5.41, 5.74) is 0.878. The van der Waals surface area contributed by atoms with E-state index in [1.165, 1.54) is 12.1 Å². The van der Waals surface area contributed by atoms with Crippen molar-refractivity contribution < 1.29 is 20.1 Å². The molecule has 0 aliphatic carbocycles. The molecule has 0 radical (unpaired) electrons. The van der Waals surface area contributed by atoms with Crippen LogP contribution in [0.4, 0.5) is 0 Å². The third kappa shape index (κ3) is 4.15. The summed E-state index contributed by atoms with van der Waals surface area (Å²) in [6, 6.07) is 4.70. The van der Waals surface area contributed by atoms with E-state index in [1.807, 2.05) is 19.1 Å². The highest BCUT2D eigenvalue weighted by Crippen LogP contribution is 2.25. The molecule has 1 aromatic carbocycles. The van der Waals surface area contributed by atoms with E-state index in [2.05, 4.69) is 0 Å². The first kappa shape index (κ1) is 12.0. The monoisotopic (exact) mass is 196 g/mol. The van der Waals surface area contributed by atoms with E-state index in [4.69, 9.17) is 20.1 Å². The van der Waals surface area contributed by atoms with Crippen LogP contribution >= 0.6 is 0 Å². The van der Waals surface area contributed by atoms with Gasteiger partial charge in [-0.3, -0.25) is 4.79 Å². The summed E-state index contributed by atoms with van der Waals surface area (Å²) in [5.74, 6) is -0.168. The van der Waals surface area contributed by atoms with Crippen molar-refractivity contribution in [3.05, 3.63) is 29.8 Å². The zero-order valence-electron chi connectivity index (χ0n) is 7.71. The summed E-state index contributed by atoms with van der Waals surface area (Å²) in [6.07, 6.45) is 3.71. The molecule has 0 aromatic heterocycles. The predicted octanol–water partition coefficient (Wildman–Crippen LogP) is 1.83. The van der Waals surface area contributed by atoms with Crippen LogP contribution < -0.4 is 0 Å². The Bertz CT molecular complexity index is 318. The standard InChI is InChI=1S/C9H10O2.CH2O2/c1-2-3-7-4-5-8(10)9(11)6-7;2-1-3/h2-6,10-11H,1H3;1H,(H,2,3). The zero-order valence-corrected chi connectivity index (χ0v) is 7.71. The number of benzene rings is 1. The largest absolute Gasteiger partial charge is 0.504 e. The van der Waals surface area contributed by atoms with E-state index in [1.54, 1.807) is 6.07 Å². The molecule has 14 heavy (non-hydrogen) atoms. The summed E-state index contributed by atoms with van der Waals surface area (Å²) < 4.78 is 0. The molecule has 76 valence electrons. The molecule has 3 N–H and O–H groups in total. The van der Waals surface area contributed by atoms with Gasteiger partial charge < -0.3 is 15.3 Å². The maximum atomic E-state index is 9.04. The van der Waals surface area contributed by atoms with Gasteiger partial charge in [0.25, 0.3) is 6.47 Å². The van der Waals surface area contributed by atoms with Crippen molar-refractivity contribution in [2.24, 2.45) is 0 Å². The lowest BCUT2D eigenvalue weighted by Crippen LogP contribution is -1.72. The van der Waals surface area contributed by atoms with Crippen molar-refractivity contribution in [3.63, 3.8) is 0 Å². The molecule has 0 aliphatic rings. The summed E-state index contributed by atoms with van der Waals surface area (Å²) in [5, 5.41) is 24.9. The molecular formula is C10H12O4.